The van der Waals surface area contributed by atoms with Crippen molar-refractivity contribution in [1.29, 1.82) is 0 Å². The van der Waals surface area contributed by atoms with Crippen LogP contribution in [0.3, 0.4) is 0 Å². The molecule has 0 unspecified atom stereocenters. The number of fused-ring (bicyclic) bond motifs is 1. The summed E-state index contributed by atoms with van der Waals surface area (Å²) in [5.41, 5.74) is -1.50. The monoisotopic (exact) mass is 319 g/mol. The molecule has 1 fully saturated rings. The van der Waals surface area contributed by atoms with Crippen molar-refractivity contribution in [2.75, 3.05) is 5.32 Å². The summed E-state index contributed by atoms with van der Waals surface area (Å²) >= 11 is 0. The molecule has 0 aromatic heterocycles. The molecule has 114 valence electrons. The second-order valence-corrected chi connectivity index (χ2v) is 7.54. The lowest BCUT2D eigenvalue weighted by atomic mass is 10.1. The summed E-state index contributed by atoms with van der Waals surface area (Å²) in [5, 5.41) is 2.34. The molecule has 2 aliphatic rings. The van der Waals surface area contributed by atoms with E-state index in [4.69, 9.17) is 0 Å². The van der Waals surface area contributed by atoms with Gasteiger partial charge in [-0.3, -0.25) is 4.79 Å². The Bertz CT molecular complexity index is 719. The zero-order valence-corrected chi connectivity index (χ0v) is 11.6. The quantitative estimate of drug-likeness (QED) is 0.800. The molecule has 1 aliphatic carbocycles. The number of benzene rings is 1. The Balaban J connectivity index is 2.33. The topological polar surface area (TPSA) is 63.2 Å². The van der Waals surface area contributed by atoms with Crippen molar-refractivity contribution >= 4 is 21.4 Å². The van der Waals surface area contributed by atoms with Crippen molar-refractivity contribution in [3.63, 3.8) is 0 Å². The van der Waals surface area contributed by atoms with Crippen molar-refractivity contribution in [3.8, 4) is 0 Å². The highest BCUT2D eigenvalue weighted by Crippen LogP contribution is 2.49. The summed E-state index contributed by atoms with van der Waals surface area (Å²) in [6.45, 7) is 0. The van der Waals surface area contributed by atoms with Gasteiger partial charge in [-0.1, -0.05) is 18.9 Å². The zero-order chi connectivity index (χ0) is 15.5. The molecule has 1 saturated carbocycles. The van der Waals surface area contributed by atoms with E-state index in [2.05, 4.69) is 5.32 Å². The van der Waals surface area contributed by atoms with Crippen LogP contribution < -0.4 is 5.32 Å². The maximum Gasteiger partial charge on any atom is 0.417 e. The third kappa shape index (κ3) is 1.81. The SMILES string of the molecule is O=C1Nc2cccc(C(F)(F)F)c2S(=O)(=O)C12CCCC2. The molecule has 21 heavy (non-hydrogen) atoms. The minimum absolute atomic E-state index is 0.0623. The Kier molecular flexibility index (Phi) is 2.89. The fourth-order valence-corrected chi connectivity index (χ4v) is 5.54. The average molecular weight is 319 g/mol. The Morgan fingerprint density at radius 1 is 1.14 bits per heavy atom. The number of nitrogens with one attached hydrogen (secondary N) is 1. The van der Waals surface area contributed by atoms with Gasteiger partial charge in [0.2, 0.25) is 5.91 Å². The first-order valence-electron chi connectivity index (χ1n) is 6.46. The number of sulfone groups is 1. The van der Waals surface area contributed by atoms with Crippen LogP contribution in [0.5, 0.6) is 0 Å². The maximum atomic E-state index is 13.1. The molecule has 0 saturated heterocycles. The molecule has 1 heterocycles. The van der Waals surface area contributed by atoms with Crippen molar-refractivity contribution in [1.82, 2.24) is 0 Å². The van der Waals surface area contributed by atoms with Crippen LogP contribution in [0.4, 0.5) is 18.9 Å². The standard InChI is InChI=1S/C13H12F3NO3S/c14-13(15,16)8-4-3-5-9-10(8)21(19,20)12(11(18)17-9)6-1-2-7-12/h3-5H,1-2,6-7H2,(H,17,18). The van der Waals surface area contributed by atoms with Gasteiger partial charge < -0.3 is 5.32 Å². The van der Waals surface area contributed by atoms with Crippen LogP contribution in [-0.2, 0) is 20.8 Å². The van der Waals surface area contributed by atoms with Crippen LogP contribution in [0.15, 0.2) is 23.1 Å². The summed E-state index contributed by atoms with van der Waals surface area (Å²) in [6, 6.07) is 3.00. The molecule has 4 nitrogen and oxygen atoms in total. The van der Waals surface area contributed by atoms with E-state index in [-0.39, 0.29) is 18.5 Å². The molecule has 1 aliphatic heterocycles. The lowest BCUT2D eigenvalue weighted by Crippen LogP contribution is -2.51. The van der Waals surface area contributed by atoms with Gasteiger partial charge in [0, 0.05) is 0 Å². The number of hydrogen-bond donors (Lipinski definition) is 1. The predicted molar refractivity (Wildman–Crippen MR) is 68.5 cm³/mol. The molecule has 1 aromatic carbocycles. The number of anilines is 1. The van der Waals surface area contributed by atoms with Gasteiger partial charge in [0.25, 0.3) is 0 Å². The average Bonchev–Trinajstić information content (AvgIpc) is 2.86. The Hall–Kier alpha value is -1.57. The number of alkyl halides is 3. The van der Waals surface area contributed by atoms with Gasteiger partial charge in [-0.25, -0.2) is 8.42 Å². The van der Waals surface area contributed by atoms with Crippen LogP contribution in [-0.4, -0.2) is 19.1 Å². The zero-order valence-electron chi connectivity index (χ0n) is 10.8. The van der Waals surface area contributed by atoms with E-state index in [1.807, 2.05) is 0 Å². The van der Waals surface area contributed by atoms with Gasteiger partial charge in [0.05, 0.1) is 11.3 Å². The Morgan fingerprint density at radius 3 is 2.33 bits per heavy atom. The third-order valence-corrected chi connectivity index (χ3v) is 6.78. The van der Waals surface area contributed by atoms with Crippen molar-refractivity contribution < 1.29 is 26.4 Å². The molecule has 8 heteroatoms. The fraction of sp³-hybridized carbons (Fsp3) is 0.462. The third-order valence-electron chi connectivity index (χ3n) is 4.18. The maximum absolute atomic E-state index is 13.1. The first kappa shape index (κ1) is 14.4. The lowest BCUT2D eigenvalue weighted by molar-refractivity contribution is -0.140. The molecular weight excluding hydrogens is 307 g/mol. The van der Waals surface area contributed by atoms with E-state index in [9.17, 15) is 26.4 Å². The lowest BCUT2D eigenvalue weighted by Gasteiger charge is -2.34. The highest BCUT2D eigenvalue weighted by molar-refractivity contribution is 7.94. The molecule has 0 atom stereocenters. The van der Waals surface area contributed by atoms with Crippen LogP contribution in [0.25, 0.3) is 0 Å². The van der Waals surface area contributed by atoms with Crippen molar-refractivity contribution in [3.05, 3.63) is 23.8 Å². The fourth-order valence-electron chi connectivity index (χ4n) is 3.14. The van der Waals surface area contributed by atoms with E-state index < -0.39 is 37.1 Å². The van der Waals surface area contributed by atoms with Gasteiger partial charge in [-0.15, -0.1) is 0 Å². The number of rotatable bonds is 0. The smallest absolute Gasteiger partial charge is 0.324 e. The van der Waals surface area contributed by atoms with E-state index >= 15 is 0 Å². The summed E-state index contributed by atoms with van der Waals surface area (Å²) < 4.78 is 63.1. The highest BCUT2D eigenvalue weighted by Gasteiger charge is 2.58. The van der Waals surface area contributed by atoms with E-state index in [1.54, 1.807) is 0 Å². The minimum Gasteiger partial charge on any atom is -0.324 e. The summed E-state index contributed by atoms with van der Waals surface area (Å²) in [4.78, 5) is 11.4. The normalized spacial score (nSPS) is 22.9. The Labute approximate surface area is 119 Å². The van der Waals surface area contributed by atoms with E-state index in [1.165, 1.54) is 6.07 Å². The first-order valence-corrected chi connectivity index (χ1v) is 7.95. The largest absolute Gasteiger partial charge is 0.417 e. The molecule has 1 amide bonds. The molecule has 1 spiro atoms. The van der Waals surface area contributed by atoms with E-state index in [0.29, 0.717) is 12.8 Å². The predicted octanol–water partition coefficient (Wildman–Crippen LogP) is 2.74. The van der Waals surface area contributed by atoms with Crippen LogP contribution in [0.2, 0.25) is 0 Å². The number of halogens is 3. The van der Waals surface area contributed by atoms with Gasteiger partial charge in [-0.05, 0) is 25.0 Å². The van der Waals surface area contributed by atoms with Gasteiger partial charge in [0.15, 0.2) is 14.6 Å². The number of carbonyl (C=O) groups excluding carboxylic acids is 1. The minimum atomic E-state index is -4.79. The van der Waals surface area contributed by atoms with Gasteiger partial charge >= 0.3 is 6.18 Å². The van der Waals surface area contributed by atoms with Crippen LogP contribution in [0, 0.1) is 0 Å². The molecular formula is C13H12F3NO3S. The highest BCUT2D eigenvalue weighted by atomic mass is 32.2. The molecule has 1 N–H and O–H groups in total. The Morgan fingerprint density at radius 2 is 1.76 bits per heavy atom. The number of hydrogen-bond acceptors (Lipinski definition) is 3. The second-order valence-electron chi connectivity index (χ2n) is 5.34. The van der Waals surface area contributed by atoms with Crippen LogP contribution >= 0.6 is 0 Å². The summed E-state index contributed by atoms with van der Waals surface area (Å²) in [7, 11) is -4.38. The van der Waals surface area contributed by atoms with E-state index in [0.717, 1.165) is 12.1 Å². The summed E-state index contributed by atoms with van der Waals surface area (Å²) in [6.07, 6.45) is -3.65. The van der Waals surface area contributed by atoms with Gasteiger partial charge in [-0.2, -0.15) is 13.2 Å². The summed E-state index contributed by atoms with van der Waals surface area (Å²) in [5.74, 6) is -0.716. The van der Waals surface area contributed by atoms with Crippen molar-refractivity contribution in [2.24, 2.45) is 0 Å². The first-order chi connectivity index (χ1) is 9.70. The van der Waals surface area contributed by atoms with Crippen LogP contribution in [0.1, 0.15) is 31.2 Å². The number of carbonyl (C=O) groups is 1. The second kappa shape index (κ2) is 4.22. The molecule has 0 bridgehead atoms. The van der Waals surface area contributed by atoms with Crippen molar-refractivity contribution in [2.45, 2.75) is 41.5 Å². The van der Waals surface area contributed by atoms with Gasteiger partial charge in [0.1, 0.15) is 4.90 Å². The molecule has 1 aromatic rings. The molecule has 3 rings (SSSR count). The molecule has 0 radical (unpaired) electrons. The number of amides is 1.